The lowest BCUT2D eigenvalue weighted by molar-refractivity contribution is -0.119. The van der Waals surface area contributed by atoms with Gasteiger partial charge in [0.1, 0.15) is 5.75 Å². The molecule has 0 aromatic heterocycles. The Morgan fingerprint density at radius 3 is 2.75 bits per heavy atom. The maximum Gasteiger partial charge on any atom is 0.315 e. The highest BCUT2D eigenvalue weighted by Crippen LogP contribution is 2.25. The van der Waals surface area contributed by atoms with Crippen LogP contribution in [0.1, 0.15) is 13.3 Å². The summed E-state index contributed by atoms with van der Waals surface area (Å²) in [5, 5.41) is 7.99. The van der Waals surface area contributed by atoms with Crippen LogP contribution in [0, 0.1) is 0 Å². The molecule has 4 amide bonds. The summed E-state index contributed by atoms with van der Waals surface area (Å²) in [6, 6.07) is 6.62. The van der Waals surface area contributed by atoms with Gasteiger partial charge in [-0.2, -0.15) is 0 Å². The Morgan fingerprint density at radius 1 is 1.29 bits per heavy atom. The second kappa shape index (κ2) is 8.19. The van der Waals surface area contributed by atoms with E-state index in [1.165, 1.54) is 6.92 Å². The lowest BCUT2D eigenvalue weighted by atomic mass is 10.2. The molecular formula is C16H22N4O4. The molecule has 1 atom stereocenters. The van der Waals surface area contributed by atoms with Crippen LogP contribution in [0.3, 0.4) is 0 Å². The van der Waals surface area contributed by atoms with Crippen molar-refractivity contribution in [2.45, 2.75) is 19.4 Å². The quantitative estimate of drug-likeness (QED) is 0.649. The molecule has 1 saturated heterocycles. The fourth-order valence-electron chi connectivity index (χ4n) is 2.48. The number of methoxy groups -OCH3 is 1. The van der Waals surface area contributed by atoms with E-state index in [0.29, 0.717) is 25.4 Å². The fraction of sp³-hybridized carbons (Fsp3) is 0.438. The van der Waals surface area contributed by atoms with E-state index in [9.17, 15) is 14.4 Å². The van der Waals surface area contributed by atoms with Gasteiger partial charge < -0.3 is 25.6 Å². The average Bonchev–Trinajstić information content (AvgIpc) is 2.91. The van der Waals surface area contributed by atoms with E-state index < -0.39 is 0 Å². The van der Waals surface area contributed by atoms with Gasteiger partial charge in [0, 0.05) is 44.7 Å². The zero-order chi connectivity index (χ0) is 17.5. The minimum absolute atomic E-state index is 0.0493. The third-order valence-corrected chi connectivity index (χ3v) is 3.61. The van der Waals surface area contributed by atoms with E-state index in [0.717, 1.165) is 5.69 Å². The maximum atomic E-state index is 12.2. The molecule has 3 N–H and O–H groups in total. The van der Waals surface area contributed by atoms with E-state index in [-0.39, 0.29) is 30.3 Å². The van der Waals surface area contributed by atoms with E-state index in [4.69, 9.17) is 4.74 Å². The van der Waals surface area contributed by atoms with Crippen LogP contribution >= 0.6 is 0 Å². The van der Waals surface area contributed by atoms with Gasteiger partial charge >= 0.3 is 6.03 Å². The predicted molar refractivity (Wildman–Crippen MR) is 89.0 cm³/mol. The zero-order valence-corrected chi connectivity index (χ0v) is 13.8. The molecule has 8 nitrogen and oxygen atoms in total. The molecule has 1 fully saturated rings. The number of carbonyl (C=O) groups excluding carboxylic acids is 3. The van der Waals surface area contributed by atoms with Gasteiger partial charge in [-0.3, -0.25) is 9.59 Å². The molecule has 1 aromatic rings. The number of amides is 4. The molecule has 1 aliphatic rings. The van der Waals surface area contributed by atoms with E-state index in [2.05, 4.69) is 16.0 Å². The maximum absolute atomic E-state index is 12.2. The molecule has 0 spiro atoms. The van der Waals surface area contributed by atoms with Crippen molar-refractivity contribution in [3.8, 4) is 5.75 Å². The molecule has 1 aromatic carbocycles. The first-order chi connectivity index (χ1) is 11.5. The van der Waals surface area contributed by atoms with Gasteiger partial charge in [0.25, 0.3) is 0 Å². The molecule has 24 heavy (non-hydrogen) atoms. The van der Waals surface area contributed by atoms with Gasteiger partial charge in [0.15, 0.2) is 0 Å². The van der Waals surface area contributed by atoms with Gasteiger partial charge in [0.05, 0.1) is 13.2 Å². The van der Waals surface area contributed by atoms with Crippen LogP contribution < -0.4 is 25.6 Å². The highest BCUT2D eigenvalue weighted by atomic mass is 16.5. The van der Waals surface area contributed by atoms with Crippen molar-refractivity contribution in [1.29, 1.82) is 0 Å². The molecule has 0 bridgehead atoms. The van der Waals surface area contributed by atoms with Crippen LogP contribution in [0.4, 0.5) is 10.5 Å². The van der Waals surface area contributed by atoms with E-state index in [1.54, 1.807) is 18.1 Å². The molecule has 1 aliphatic heterocycles. The van der Waals surface area contributed by atoms with Crippen LogP contribution in [-0.2, 0) is 9.59 Å². The normalized spacial score (nSPS) is 16.7. The Hall–Kier alpha value is -2.77. The lowest BCUT2D eigenvalue weighted by Gasteiger charge is -2.18. The first-order valence-electron chi connectivity index (χ1n) is 7.73. The fourth-order valence-corrected chi connectivity index (χ4v) is 2.48. The number of nitrogens with one attached hydrogen (secondary N) is 3. The summed E-state index contributed by atoms with van der Waals surface area (Å²) in [6.45, 7) is 2.51. The minimum Gasteiger partial charge on any atom is -0.497 e. The summed E-state index contributed by atoms with van der Waals surface area (Å²) < 4.78 is 5.17. The Labute approximate surface area is 140 Å². The molecule has 0 aliphatic carbocycles. The molecule has 2 rings (SSSR count). The SMILES string of the molecule is COc1cccc(N2C[C@H](NC(=O)NCCNC(C)=O)CC2=O)c1. The number of anilines is 1. The van der Waals surface area contributed by atoms with Crippen LogP contribution in [0.15, 0.2) is 24.3 Å². The number of rotatable bonds is 6. The van der Waals surface area contributed by atoms with Crippen LogP contribution in [-0.4, -0.2) is 50.6 Å². The van der Waals surface area contributed by atoms with Crippen molar-refractivity contribution in [3.63, 3.8) is 0 Å². The Bertz CT molecular complexity index is 620. The molecule has 1 heterocycles. The summed E-state index contributed by atoms with van der Waals surface area (Å²) in [6.07, 6.45) is 0.246. The highest BCUT2D eigenvalue weighted by Gasteiger charge is 2.31. The molecule has 0 unspecified atom stereocenters. The Kier molecular flexibility index (Phi) is 6.00. The molecule has 130 valence electrons. The number of urea groups is 1. The zero-order valence-electron chi connectivity index (χ0n) is 13.8. The monoisotopic (exact) mass is 334 g/mol. The topological polar surface area (TPSA) is 99.8 Å². The largest absolute Gasteiger partial charge is 0.497 e. The molecular weight excluding hydrogens is 312 g/mol. The van der Waals surface area contributed by atoms with Gasteiger partial charge in [0.2, 0.25) is 11.8 Å². The second-order valence-electron chi connectivity index (χ2n) is 5.49. The van der Waals surface area contributed by atoms with Crippen molar-refractivity contribution in [3.05, 3.63) is 24.3 Å². The standard InChI is InChI=1S/C16H22N4O4/c1-11(21)17-6-7-18-16(23)19-12-8-15(22)20(10-12)13-4-3-5-14(9-13)24-2/h3-5,9,12H,6-8,10H2,1-2H3,(H,17,21)(H2,18,19,23)/t12-/m1/s1. The third kappa shape index (κ3) is 4.87. The van der Waals surface area contributed by atoms with Crippen molar-refractivity contribution in [2.75, 3.05) is 31.6 Å². The number of hydrogen-bond donors (Lipinski definition) is 3. The van der Waals surface area contributed by atoms with Gasteiger partial charge in [-0.05, 0) is 12.1 Å². The Balaban J connectivity index is 1.83. The van der Waals surface area contributed by atoms with Crippen molar-refractivity contribution in [1.82, 2.24) is 16.0 Å². The first-order valence-corrected chi connectivity index (χ1v) is 7.73. The summed E-state index contributed by atoms with van der Waals surface area (Å²) in [7, 11) is 1.57. The number of ether oxygens (including phenoxy) is 1. The van der Waals surface area contributed by atoms with Crippen LogP contribution in [0.5, 0.6) is 5.75 Å². The first kappa shape index (κ1) is 17.6. The van der Waals surface area contributed by atoms with Gasteiger partial charge in [-0.25, -0.2) is 4.79 Å². The summed E-state index contributed by atoms with van der Waals surface area (Å²) >= 11 is 0. The third-order valence-electron chi connectivity index (χ3n) is 3.61. The highest BCUT2D eigenvalue weighted by molar-refractivity contribution is 5.97. The van der Waals surface area contributed by atoms with Crippen molar-refractivity contribution in [2.24, 2.45) is 0 Å². The van der Waals surface area contributed by atoms with Gasteiger partial charge in [-0.1, -0.05) is 6.07 Å². The van der Waals surface area contributed by atoms with Crippen molar-refractivity contribution >= 4 is 23.5 Å². The minimum atomic E-state index is -0.356. The number of benzene rings is 1. The van der Waals surface area contributed by atoms with Crippen LogP contribution in [0.25, 0.3) is 0 Å². The Morgan fingerprint density at radius 2 is 2.04 bits per heavy atom. The van der Waals surface area contributed by atoms with E-state index in [1.807, 2.05) is 18.2 Å². The molecule has 0 saturated carbocycles. The predicted octanol–water partition coefficient (Wildman–Crippen LogP) is 0.236. The van der Waals surface area contributed by atoms with E-state index >= 15 is 0 Å². The lowest BCUT2D eigenvalue weighted by Crippen LogP contribution is -2.45. The summed E-state index contributed by atoms with van der Waals surface area (Å²) in [5.41, 5.74) is 0.745. The average molecular weight is 334 g/mol. The number of nitrogens with zero attached hydrogens (tertiary/aromatic N) is 1. The summed E-state index contributed by atoms with van der Waals surface area (Å²) in [5.74, 6) is 0.478. The molecule has 0 radical (unpaired) electrons. The smallest absolute Gasteiger partial charge is 0.315 e. The van der Waals surface area contributed by atoms with Crippen LogP contribution in [0.2, 0.25) is 0 Å². The van der Waals surface area contributed by atoms with Gasteiger partial charge in [-0.15, -0.1) is 0 Å². The summed E-state index contributed by atoms with van der Waals surface area (Å²) in [4.78, 5) is 36.3. The second-order valence-corrected chi connectivity index (χ2v) is 5.49. The number of hydrogen-bond acceptors (Lipinski definition) is 4. The van der Waals surface area contributed by atoms with Crippen molar-refractivity contribution < 1.29 is 19.1 Å². The number of carbonyl (C=O) groups is 3. The molecule has 8 heteroatoms.